The lowest BCUT2D eigenvalue weighted by atomic mass is 10.1. The monoisotopic (exact) mass is 309 g/mol. The third-order valence-electron chi connectivity index (χ3n) is 3.49. The zero-order valence-electron chi connectivity index (χ0n) is 13.2. The second-order valence-electron chi connectivity index (χ2n) is 6.47. The van der Waals surface area contributed by atoms with E-state index in [1.165, 1.54) is 6.20 Å². The summed E-state index contributed by atoms with van der Waals surface area (Å²) in [5.74, 6) is -0.368. The van der Waals surface area contributed by atoms with Crippen molar-refractivity contribution in [3.8, 4) is 0 Å². The van der Waals surface area contributed by atoms with Crippen LogP contribution in [0, 0.1) is 0 Å². The van der Waals surface area contributed by atoms with Gasteiger partial charge in [0, 0.05) is 13.1 Å². The van der Waals surface area contributed by atoms with Gasteiger partial charge in [-0.15, -0.1) is 0 Å². The number of anilines is 1. The van der Waals surface area contributed by atoms with E-state index >= 15 is 0 Å². The minimum Gasteiger partial charge on any atom is -0.444 e. The number of rotatable bonds is 2. The number of nitrogen functional groups attached to an aromatic ring is 1. The van der Waals surface area contributed by atoms with E-state index in [-0.39, 0.29) is 23.5 Å². The molecular formula is C14H23N5O3. The van der Waals surface area contributed by atoms with Crippen molar-refractivity contribution in [3.63, 3.8) is 0 Å². The summed E-state index contributed by atoms with van der Waals surface area (Å²) in [7, 11) is 0. The molecule has 2 rings (SSSR count). The number of likely N-dealkylation sites (tertiary alicyclic amines) is 1. The van der Waals surface area contributed by atoms with E-state index in [9.17, 15) is 9.59 Å². The number of amides is 2. The molecule has 1 saturated heterocycles. The zero-order valence-corrected chi connectivity index (χ0v) is 13.2. The topological polar surface area (TPSA) is 116 Å². The van der Waals surface area contributed by atoms with Crippen LogP contribution in [0.25, 0.3) is 0 Å². The lowest BCUT2D eigenvalue weighted by Gasteiger charge is -2.34. The Morgan fingerprint density at radius 3 is 2.64 bits per heavy atom. The number of aromatic nitrogens is 2. The van der Waals surface area contributed by atoms with Gasteiger partial charge < -0.3 is 21.1 Å². The first kappa shape index (κ1) is 16.1. The van der Waals surface area contributed by atoms with Gasteiger partial charge in [-0.2, -0.15) is 5.10 Å². The fourth-order valence-corrected chi connectivity index (χ4v) is 2.50. The smallest absolute Gasteiger partial charge is 0.410 e. The zero-order chi connectivity index (χ0) is 16.5. The molecular weight excluding hydrogens is 286 g/mol. The number of ether oxygens (including phenoxy) is 1. The molecule has 2 amide bonds. The number of carbonyl (C=O) groups is 2. The largest absolute Gasteiger partial charge is 0.444 e. The van der Waals surface area contributed by atoms with Gasteiger partial charge in [-0.25, -0.2) is 9.48 Å². The molecule has 0 aromatic carbocycles. The van der Waals surface area contributed by atoms with E-state index in [0.29, 0.717) is 13.1 Å². The molecule has 1 fully saturated rings. The van der Waals surface area contributed by atoms with Crippen LogP contribution < -0.4 is 11.5 Å². The quantitative estimate of drug-likeness (QED) is 0.849. The molecule has 0 radical (unpaired) electrons. The van der Waals surface area contributed by atoms with Crippen molar-refractivity contribution in [2.24, 2.45) is 5.73 Å². The number of nitrogens with two attached hydrogens (primary N) is 2. The second kappa shape index (κ2) is 5.86. The van der Waals surface area contributed by atoms with Gasteiger partial charge in [0.1, 0.15) is 17.0 Å². The van der Waals surface area contributed by atoms with Crippen molar-refractivity contribution in [1.29, 1.82) is 0 Å². The molecule has 0 bridgehead atoms. The SMILES string of the molecule is CC(C)(C)OC(=O)N1CCCC(n2ncc(C(N)=O)c2N)C1. The normalized spacial score (nSPS) is 19.0. The highest BCUT2D eigenvalue weighted by atomic mass is 16.6. The van der Waals surface area contributed by atoms with E-state index in [0.717, 1.165) is 12.8 Å². The Hall–Kier alpha value is -2.25. The highest BCUT2D eigenvalue weighted by molar-refractivity contribution is 5.96. The number of hydrogen-bond acceptors (Lipinski definition) is 5. The molecule has 1 aliphatic rings. The summed E-state index contributed by atoms with van der Waals surface area (Å²) in [6.07, 6.45) is 2.65. The Morgan fingerprint density at radius 2 is 2.09 bits per heavy atom. The molecule has 8 nitrogen and oxygen atoms in total. The molecule has 2 heterocycles. The first-order valence-corrected chi connectivity index (χ1v) is 7.30. The molecule has 0 aliphatic carbocycles. The average molecular weight is 309 g/mol. The molecule has 0 spiro atoms. The summed E-state index contributed by atoms with van der Waals surface area (Å²) in [4.78, 5) is 25.1. The van der Waals surface area contributed by atoms with Crippen LogP contribution in [-0.2, 0) is 4.74 Å². The van der Waals surface area contributed by atoms with E-state index in [4.69, 9.17) is 16.2 Å². The summed E-state index contributed by atoms with van der Waals surface area (Å²) >= 11 is 0. The summed E-state index contributed by atoms with van der Waals surface area (Å²) < 4.78 is 6.95. The molecule has 22 heavy (non-hydrogen) atoms. The van der Waals surface area contributed by atoms with Crippen molar-refractivity contribution in [3.05, 3.63) is 11.8 Å². The standard InChI is InChI=1S/C14H23N5O3/c1-14(2,3)22-13(21)18-6-4-5-9(8-18)19-11(15)10(7-17-19)12(16)20/h7,9H,4-6,8,15H2,1-3H3,(H2,16,20). The Balaban J connectivity index is 2.11. The maximum absolute atomic E-state index is 12.2. The molecule has 122 valence electrons. The number of carbonyl (C=O) groups excluding carboxylic acids is 2. The van der Waals surface area contributed by atoms with Crippen molar-refractivity contribution in [2.45, 2.75) is 45.3 Å². The molecule has 1 aromatic heterocycles. The molecule has 8 heteroatoms. The van der Waals surface area contributed by atoms with Gasteiger partial charge in [0.05, 0.1) is 12.2 Å². The van der Waals surface area contributed by atoms with E-state index < -0.39 is 11.5 Å². The minimum absolute atomic E-state index is 0.0885. The predicted octanol–water partition coefficient (Wildman–Crippen LogP) is 1.14. The summed E-state index contributed by atoms with van der Waals surface area (Å²) in [6, 6.07) is -0.0885. The highest BCUT2D eigenvalue weighted by Gasteiger charge is 2.30. The van der Waals surface area contributed by atoms with Crippen molar-refractivity contribution in [2.75, 3.05) is 18.8 Å². The first-order chi connectivity index (χ1) is 10.2. The molecule has 1 unspecified atom stereocenters. The minimum atomic E-state index is -0.608. The summed E-state index contributed by atoms with van der Waals surface area (Å²) in [5, 5.41) is 4.14. The molecule has 1 aliphatic heterocycles. The molecule has 1 aromatic rings. The first-order valence-electron chi connectivity index (χ1n) is 7.30. The summed E-state index contributed by atoms with van der Waals surface area (Å²) in [6.45, 7) is 6.57. The fourth-order valence-electron chi connectivity index (χ4n) is 2.50. The second-order valence-corrected chi connectivity index (χ2v) is 6.47. The fraction of sp³-hybridized carbons (Fsp3) is 0.643. The van der Waals surface area contributed by atoms with Crippen LogP contribution in [0.15, 0.2) is 6.20 Å². The maximum atomic E-state index is 12.2. The van der Waals surface area contributed by atoms with Crippen molar-refractivity contribution < 1.29 is 14.3 Å². The Kier molecular flexibility index (Phi) is 4.30. The number of hydrogen-bond donors (Lipinski definition) is 2. The van der Waals surface area contributed by atoms with Gasteiger partial charge in [-0.1, -0.05) is 0 Å². The third-order valence-corrected chi connectivity index (χ3v) is 3.49. The highest BCUT2D eigenvalue weighted by Crippen LogP contribution is 2.26. The van der Waals surface area contributed by atoms with Crippen LogP contribution in [0.2, 0.25) is 0 Å². The van der Waals surface area contributed by atoms with Crippen molar-refractivity contribution >= 4 is 17.8 Å². The van der Waals surface area contributed by atoms with Crippen molar-refractivity contribution in [1.82, 2.24) is 14.7 Å². The van der Waals surface area contributed by atoms with Crippen LogP contribution in [-0.4, -0.2) is 45.4 Å². The van der Waals surface area contributed by atoms with E-state index in [1.807, 2.05) is 20.8 Å². The van der Waals surface area contributed by atoms with E-state index in [2.05, 4.69) is 5.10 Å². The van der Waals surface area contributed by atoms with Crippen LogP contribution >= 0.6 is 0 Å². The Morgan fingerprint density at radius 1 is 1.41 bits per heavy atom. The molecule has 0 saturated carbocycles. The van der Waals surface area contributed by atoms with Gasteiger partial charge in [-0.05, 0) is 33.6 Å². The lowest BCUT2D eigenvalue weighted by Crippen LogP contribution is -2.43. The number of piperidine rings is 1. The molecule has 4 N–H and O–H groups in total. The van der Waals surface area contributed by atoms with Gasteiger partial charge in [-0.3, -0.25) is 4.79 Å². The third kappa shape index (κ3) is 3.49. The van der Waals surface area contributed by atoms with Crippen LogP contribution in [0.5, 0.6) is 0 Å². The Labute approximate surface area is 129 Å². The average Bonchev–Trinajstić information content (AvgIpc) is 2.79. The summed E-state index contributed by atoms with van der Waals surface area (Å²) in [5.41, 5.74) is 10.8. The maximum Gasteiger partial charge on any atom is 0.410 e. The van der Waals surface area contributed by atoms with Gasteiger partial charge >= 0.3 is 6.09 Å². The van der Waals surface area contributed by atoms with Crippen LogP contribution in [0.1, 0.15) is 50.0 Å². The van der Waals surface area contributed by atoms with Crippen LogP contribution in [0.4, 0.5) is 10.6 Å². The number of nitrogens with zero attached hydrogens (tertiary/aromatic N) is 3. The lowest BCUT2D eigenvalue weighted by molar-refractivity contribution is 0.0168. The van der Waals surface area contributed by atoms with Gasteiger partial charge in [0.2, 0.25) is 0 Å². The van der Waals surface area contributed by atoms with Gasteiger partial charge in [0.25, 0.3) is 5.91 Å². The van der Waals surface area contributed by atoms with E-state index in [1.54, 1.807) is 9.58 Å². The number of primary amides is 1. The molecule has 1 atom stereocenters. The predicted molar refractivity (Wildman–Crippen MR) is 81.2 cm³/mol. The Bertz CT molecular complexity index is 576. The van der Waals surface area contributed by atoms with Crippen LogP contribution in [0.3, 0.4) is 0 Å². The van der Waals surface area contributed by atoms with Gasteiger partial charge in [0.15, 0.2) is 0 Å².